The fourth-order valence-corrected chi connectivity index (χ4v) is 1.68. The van der Waals surface area contributed by atoms with Crippen LogP contribution in [0.15, 0.2) is 18.2 Å². The maximum absolute atomic E-state index is 10.8. The molecule has 5 heteroatoms. The van der Waals surface area contributed by atoms with Crippen molar-refractivity contribution in [3.63, 3.8) is 0 Å². The predicted octanol–water partition coefficient (Wildman–Crippen LogP) is 1.17. The number of nitrogen functional groups attached to an aromatic ring is 1. The van der Waals surface area contributed by atoms with Crippen molar-refractivity contribution in [2.45, 2.75) is 12.5 Å². The van der Waals surface area contributed by atoms with Crippen LogP contribution in [0.5, 0.6) is 0 Å². The molecule has 0 amide bonds. The molecule has 0 unspecified atom stereocenters. The predicted molar refractivity (Wildman–Crippen MR) is 60.7 cm³/mol. The van der Waals surface area contributed by atoms with Gasteiger partial charge < -0.3 is 20.9 Å². The van der Waals surface area contributed by atoms with Gasteiger partial charge in [-0.05, 0) is 24.6 Å². The van der Waals surface area contributed by atoms with Crippen molar-refractivity contribution in [1.29, 1.82) is 0 Å². The van der Waals surface area contributed by atoms with E-state index in [0.29, 0.717) is 18.0 Å². The molecule has 1 saturated heterocycles. The summed E-state index contributed by atoms with van der Waals surface area (Å²) in [5.74, 6) is -0.953. The summed E-state index contributed by atoms with van der Waals surface area (Å²) >= 11 is 0. The lowest BCUT2D eigenvalue weighted by atomic mass is 10.1. The number of anilines is 2. The van der Waals surface area contributed by atoms with Crippen molar-refractivity contribution in [2.24, 2.45) is 0 Å². The van der Waals surface area contributed by atoms with E-state index in [1.807, 2.05) is 0 Å². The fourth-order valence-electron chi connectivity index (χ4n) is 1.68. The van der Waals surface area contributed by atoms with E-state index in [0.717, 1.165) is 13.0 Å². The van der Waals surface area contributed by atoms with Crippen LogP contribution in [0.3, 0.4) is 0 Å². The average molecular weight is 222 g/mol. The molecule has 0 aromatic heterocycles. The van der Waals surface area contributed by atoms with E-state index in [4.69, 9.17) is 15.6 Å². The van der Waals surface area contributed by atoms with Crippen LogP contribution in [0.25, 0.3) is 0 Å². The number of nitrogens with two attached hydrogens (primary N) is 1. The lowest BCUT2D eigenvalue weighted by Gasteiger charge is -2.14. The summed E-state index contributed by atoms with van der Waals surface area (Å²) < 4.78 is 5.23. The van der Waals surface area contributed by atoms with Crippen molar-refractivity contribution in [1.82, 2.24) is 0 Å². The molecular formula is C11H14N2O3. The number of ether oxygens (including phenoxy) is 1. The Morgan fingerprint density at radius 2 is 2.38 bits per heavy atom. The zero-order chi connectivity index (χ0) is 11.5. The molecule has 1 aliphatic rings. The SMILES string of the molecule is Nc1ccc(C(=O)O)cc1N[C@H]1CCOC1. The van der Waals surface area contributed by atoms with E-state index in [1.165, 1.54) is 6.07 Å². The van der Waals surface area contributed by atoms with Gasteiger partial charge in [-0.25, -0.2) is 4.79 Å². The van der Waals surface area contributed by atoms with E-state index in [2.05, 4.69) is 5.32 Å². The standard InChI is InChI=1S/C11H14N2O3/c12-9-2-1-7(11(14)15)5-10(9)13-8-3-4-16-6-8/h1-2,5,8,13H,3-4,6,12H2,(H,14,15)/t8-/m0/s1. The molecule has 5 nitrogen and oxygen atoms in total. The van der Waals surface area contributed by atoms with Gasteiger partial charge in [-0.15, -0.1) is 0 Å². The lowest BCUT2D eigenvalue weighted by molar-refractivity contribution is 0.0697. The Morgan fingerprint density at radius 1 is 1.56 bits per heavy atom. The molecule has 4 N–H and O–H groups in total. The van der Waals surface area contributed by atoms with Crippen LogP contribution in [-0.2, 0) is 4.74 Å². The first-order valence-corrected chi connectivity index (χ1v) is 5.14. The number of carbonyl (C=O) groups is 1. The number of hydrogen-bond acceptors (Lipinski definition) is 4. The Balaban J connectivity index is 2.17. The molecule has 86 valence electrons. The number of hydrogen-bond donors (Lipinski definition) is 3. The van der Waals surface area contributed by atoms with Gasteiger partial charge in [-0.3, -0.25) is 0 Å². The minimum atomic E-state index is -0.953. The van der Waals surface area contributed by atoms with Crippen LogP contribution >= 0.6 is 0 Å². The van der Waals surface area contributed by atoms with Gasteiger partial charge in [-0.2, -0.15) is 0 Å². The largest absolute Gasteiger partial charge is 0.478 e. The van der Waals surface area contributed by atoms with Crippen molar-refractivity contribution in [3.8, 4) is 0 Å². The Bertz CT molecular complexity index is 400. The van der Waals surface area contributed by atoms with Gasteiger partial charge in [0, 0.05) is 6.61 Å². The van der Waals surface area contributed by atoms with Crippen molar-refractivity contribution < 1.29 is 14.6 Å². The maximum Gasteiger partial charge on any atom is 0.335 e. The van der Waals surface area contributed by atoms with Gasteiger partial charge in [0.2, 0.25) is 0 Å². The minimum Gasteiger partial charge on any atom is -0.478 e. The number of nitrogens with one attached hydrogen (secondary N) is 1. The van der Waals surface area contributed by atoms with Crippen LogP contribution < -0.4 is 11.1 Å². The topological polar surface area (TPSA) is 84.6 Å². The fraction of sp³-hybridized carbons (Fsp3) is 0.364. The summed E-state index contributed by atoms with van der Waals surface area (Å²) in [4.78, 5) is 10.8. The Labute approximate surface area is 93.2 Å². The second kappa shape index (κ2) is 4.40. The minimum absolute atomic E-state index is 0.214. The maximum atomic E-state index is 10.8. The van der Waals surface area contributed by atoms with Crippen LogP contribution in [0.4, 0.5) is 11.4 Å². The quantitative estimate of drug-likeness (QED) is 0.668. The summed E-state index contributed by atoms with van der Waals surface area (Å²) in [5, 5.41) is 12.1. The Kier molecular flexibility index (Phi) is 2.96. The summed E-state index contributed by atoms with van der Waals surface area (Å²) in [6.45, 7) is 1.37. The van der Waals surface area contributed by atoms with E-state index in [-0.39, 0.29) is 11.6 Å². The van der Waals surface area contributed by atoms with Crippen LogP contribution in [0, 0.1) is 0 Å². The lowest BCUT2D eigenvalue weighted by Crippen LogP contribution is -2.20. The first-order valence-electron chi connectivity index (χ1n) is 5.14. The molecule has 2 rings (SSSR count). The molecule has 1 aromatic carbocycles. The molecule has 1 fully saturated rings. The molecule has 0 bridgehead atoms. The van der Waals surface area contributed by atoms with Gasteiger partial charge in [0.1, 0.15) is 0 Å². The Morgan fingerprint density at radius 3 is 3.00 bits per heavy atom. The second-order valence-corrected chi connectivity index (χ2v) is 3.81. The normalized spacial score (nSPS) is 19.6. The molecule has 0 aliphatic carbocycles. The van der Waals surface area contributed by atoms with Crippen molar-refractivity contribution >= 4 is 17.3 Å². The molecule has 1 atom stereocenters. The Hall–Kier alpha value is -1.75. The van der Waals surface area contributed by atoms with E-state index >= 15 is 0 Å². The van der Waals surface area contributed by atoms with Gasteiger partial charge in [-0.1, -0.05) is 0 Å². The highest BCUT2D eigenvalue weighted by Crippen LogP contribution is 2.22. The highest BCUT2D eigenvalue weighted by Gasteiger charge is 2.16. The molecule has 1 heterocycles. The molecular weight excluding hydrogens is 208 g/mol. The molecule has 16 heavy (non-hydrogen) atoms. The van der Waals surface area contributed by atoms with Crippen LogP contribution in [0.2, 0.25) is 0 Å². The van der Waals surface area contributed by atoms with Crippen LogP contribution in [0.1, 0.15) is 16.8 Å². The first kappa shape index (κ1) is 10.8. The number of carboxylic acid groups (broad SMARTS) is 1. The highest BCUT2D eigenvalue weighted by molar-refractivity contribution is 5.90. The third-order valence-electron chi connectivity index (χ3n) is 2.59. The molecule has 0 spiro atoms. The van der Waals surface area contributed by atoms with E-state index < -0.39 is 5.97 Å². The second-order valence-electron chi connectivity index (χ2n) is 3.81. The highest BCUT2D eigenvalue weighted by atomic mass is 16.5. The monoisotopic (exact) mass is 222 g/mol. The molecule has 0 saturated carbocycles. The number of carboxylic acids is 1. The van der Waals surface area contributed by atoms with Crippen LogP contribution in [-0.4, -0.2) is 30.3 Å². The van der Waals surface area contributed by atoms with Crippen molar-refractivity contribution in [3.05, 3.63) is 23.8 Å². The summed E-state index contributed by atoms with van der Waals surface area (Å²) in [5.41, 5.74) is 7.22. The zero-order valence-corrected chi connectivity index (χ0v) is 8.77. The third kappa shape index (κ3) is 2.25. The number of benzene rings is 1. The van der Waals surface area contributed by atoms with Crippen molar-refractivity contribution in [2.75, 3.05) is 24.3 Å². The van der Waals surface area contributed by atoms with E-state index in [9.17, 15) is 4.79 Å². The first-order chi connectivity index (χ1) is 7.66. The zero-order valence-electron chi connectivity index (χ0n) is 8.77. The van der Waals surface area contributed by atoms with Gasteiger partial charge in [0.05, 0.1) is 29.6 Å². The van der Waals surface area contributed by atoms with Gasteiger partial charge in [0.15, 0.2) is 0 Å². The average Bonchev–Trinajstić information content (AvgIpc) is 2.73. The molecule has 1 aliphatic heterocycles. The number of aromatic carboxylic acids is 1. The molecule has 1 aromatic rings. The number of rotatable bonds is 3. The van der Waals surface area contributed by atoms with E-state index in [1.54, 1.807) is 12.1 Å². The summed E-state index contributed by atoms with van der Waals surface area (Å²) in [6, 6.07) is 4.86. The summed E-state index contributed by atoms with van der Waals surface area (Å²) in [6.07, 6.45) is 0.913. The molecule has 0 radical (unpaired) electrons. The van der Waals surface area contributed by atoms with Gasteiger partial charge >= 0.3 is 5.97 Å². The van der Waals surface area contributed by atoms with Gasteiger partial charge in [0.25, 0.3) is 0 Å². The smallest absolute Gasteiger partial charge is 0.335 e. The third-order valence-corrected chi connectivity index (χ3v) is 2.59. The summed E-state index contributed by atoms with van der Waals surface area (Å²) in [7, 11) is 0.